The molecule has 1 saturated heterocycles. The molecule has 2 heterocycles. The maximum absolute atomic E-state index is 5.35. The van der Waals surface area contributed by atoms with Crippen LogP contribution in [-0.2, 0) is 6.42 Å². The number of thioether (sulfide) groups is 1. The van der Waals surface area contributed by atoms with Gasteiger partial charge in [-0.05, 0) is 31.2 Å². The van der Waals surface area contributed by atoms with Crippen molar-refractivity contribution in [2.75, 3.05) is 5.75 Å². The summed E-state index contributed by atoms with van der Waals surface area (Å²) in [6.45, 7) is 4.55. The maximum Gasteiger partial charge on any atom is 0.105 e. The van der Waals surface area contributed by atoms with Gasteiger partial charge < -0.3 is 9.73 Å². The molecule has 3 unspecified atom stereocenters. The first-order valence-corrected chi connectivity index (χ1v) is 6.70. The molecule has 1 aromatic heterocycles. The SMILES string of the molecule is CC(Cc1ccco1)NC1CCSC1C. The molecule has 2 nitrogen and oxygen atoms in total. The van der Waals surface area contributed by atoms with Gasteiger partial charge in [-0.1, -0.05) is 6.92 Å². The second-order valence-corrected chi connectivity index (χ2v) is 5.81. The lowest BCUT2D eigenvalue weighted by atomic mass is 10.1. The van der Waals surface area contributed by atoms with Crippen LogP contribution in [0.25, 0.3) is 0 Å². The van der Waals surface area contributed by atoms with Gasteiger partial charge in [0.05, 0.1) is 6.26 Å². The van der Waals surface area contributed by atoms with Crippen LogP contribution in [-0.4, -0.2) is 23.1 Å². The lowest BCUT2D eigenvalue weighted by Gasteiger charge is -2.21. The Morgan fingerprint density at radius 3 is 3.13 bits per heavy atom. The number of hydrogen-bond donors (Lipinski definition) is 1. The van der Waals surface area contributed by atoms with Crippen LogP contribution in [0.5, 0.6) is 0 Å². The van der Waals surface area contributed by atoms with Crippen LogP contribution < -0.4 is 5.32 Å². The standard InChI is InChI=1S/C12H19NOS/c1-9(8-11-4-3-6-14-11)13-12-5-7-15-10(12)2/h3-4,6,9-10,12-13H,5,7-8H2,1-2H3. The molecule has 0 aromatic carbocycles. The third-order valence-corrected chi connectivity index (χ3v) is 4.29. The Balaban J connectivity index is 1.79. The molecule has 1 aliphatic heterocycles. The van der Waals surface area contributed by atoms with Crippen molar-refractivity contribution in [3.8, 4) is 0 Å². The molecule has 15 heavy (non-hydrogen) atoms. The lowest BCUT2D eigenvalue weighted by Crippen LogP contribution is -2.40. The van der Waals surface area contributed by atoms with Gasteiger partial charge in [0.25, 0.3) is 0 Å². The molecule has 3 heteroatoms. The minimum absolute atomic E-state index is 0.502. The van der Waals surface area contributed by atoms with E-state index in [1.165, 1.54) is 12.2 Å². The molecule has 1 N–H and O–H groups in total. The summed E-state index contributed by atoms with van der Waals surface area (Å²) in [6, 6.07) is 5.18. The lowest BCUT2D eigenvalue weighted by molar-refractivity contribution is 0.410. The second-order valence-electron chi connectivity index (χ2n) is 4.32. The Morgan fingerprint density at radius 2 is 2.53 bits per heavy atom. The number of nitrogens with one attached hydrogen (secondary N) is 1. The van der Waals surface area contributed by atoms with E-state index in [0.717, 1.165) is 17.4 Å². The van der Waals surface area contributed by atoms with Crippen LogP contribution in [0.15, 0.2) is 22.8 Å². The first-order valence-electron chi connectivity index (χ1n) is 5.65. The van der Waals surface area contributed by atoms with Gasteiger partial charge in [0.2, 0.25) is 0 Å². The highest BCUT2D eigenvalue weighted by Gasteiger charge is 2.24. The van der Waals surface area contributed by atoms with Crippen molar-refractivity contribution in [3.63, 3.8) is 0 Å². The van der Waals surface area contributed by atoms with Crippen molar-refractivity contribution in [1.29, 1.82) is 0 Å². The Bertz CT molecular complexity index is 286. The van der Waals surface area contributed by atoms with Crippen molar-refractivity contribution in [1.82, 2.24) is 5.32 Å². The van der Waals surface area contributed by atoms with E-state index < -0.39 is 0 Å². The van der Waals surface area contributed by atoms with Gasteiger partial charge in [0.1, 0.15) is 5.76 Å². The van der Waals surface area contributed by atoms with Crippen LogP contribution >= 0.6 is 11.8 Å². The molecular weight excluding hydrogens is 206 g/mol. The van der Waals surface area contributed by atoms with Crippen molar-refractivity contribution >= 4 is 11.8 Å². The number of furan rings is 1. The van der Waals surface area contributed by atoms with E-state index >= 15 is 0 Å². The second kappa shape index (κ2) is 5.08. The highest BCUT2D eigenvalue weighted by molar-refractivity contribution is 8.00. The summed E-state index contributed by atoms with van der Waals surface area (Å²) < 4.78 is 5.35. The predicted molar refractivity (Wildman–Crippen MR) is 65.3 cm³/mol. The Morgan fingerprint density at radius 1 is 1.67 bits per heavy atom. The van der Waals surface area contributed by atoms with Crippen LogP contribution in [0, 0.1) is 0 Å². The van der Waals surface area contributed by atoms with Crippen LogP contribution in [0.4, 0.5) is 0 Å². The molecule has 1 fully saturated rings. The van der Waals surface area contributed by atoms with Crippen molar-refractivity contribution < 1.29 is 4.42 Å². The molecule has 3 atom stereocenters. The quantitative estimate of drug-likeness (QED) is 0.853. The van der Waals surface area contributed by atoms with E-state index in [4.69, 9.17) is 4.42 Å². The summed E-state index contributed by atoms with van der Waals surface area (Å²) in [4.78, 5) is 0. The van der Waals surface area contributed by atoms with Crippen LogP contribution in [0.3, 0.4) is 0 Å². The van der Waals surface area contributed by atoms with E-state index in [2.05, 4.69) is 30.9 Å². The average molecular weight is 225 g/mol. The van der Waals surface area contributed by atoms with Gasteiger partial charge in [-0.25, -0.2) is 0 Å². The molecule has 0 aliphatic carbocycles. The van der Waals surface area contributed by atoms with E-state index in [-0.39, 0.29) is 0 Å². The summed E-state index contributed by atoms with van der Waals surface area (Å²) in [5.41, 5.74) is 0. The smallest absolute Gasteiger partial charge is 0.105 e. The highest BCUT2D eigenvalue weighted by atomic mass is 32.2. The Labute approximate surface area is 95.8 Å². The topological polar surface area (TPSA) is 25.2 Å². The largest absolute Gasteiger partial charge is 0.469 e. The molecule has 0 bridgehead atoms. The highest BCUT2D eigenvalue weighted by Crippen LogP contribution is 2.26. The van der Waals surface area contributed by atoms with Gasteiger partial charge in [-0.2, -0.15) is 11.8 Å². The van der Waals surface area contributed by atoms with E-state index in [0.29, 0.717) is 12.1 Å². The zero-order chi connectivity index (χ0) is 10.7. The molecule has 2 rings (SSSR count). The molecule has 0 spiro atoms. The Kier molecular flexibility index (Phi) is 3.76. The van der Waals surface area contributed by atoms with E-state index in [1.54, 1.807) is 6.26 Å². The molecule has 1 aromatic rings. The average Bonchev–Trinajstić information content (AvgIpc) is 2.79. The van der Waals surface area contributed by atoms with Crippen LogP contribution in [0.2, 0.25) is 0 Å². The number of rotatable bonds is 4. The van der Waals surface area contributed by atoms with Crippen molar-refractivity contribution in [3.05, 3.63) is 24.2 Å². The van der Waals surface area contributed by atoms with Crippen molar-refractivity contribution in [2.45, 2.75) is 44.0 Å². The van der Waals surface area contributed by atoms with Gasteiger partial charge >= 0.3 is 0 Å². The minimum atomic E-state index is 0.502. The monoisotopic (exact) mass is 225 g/mol. The molecular formula is C12H19NOS. The van der Waals surface area contributed by atoms with Gasteiger partial charge in [0.15, 0.2) is 0 Å². The summed E-state index contributed by atoms with van der Waals surface area (Å²) in [5.74, 6) is 2.38. The summed E-state index contributed by atoms with van der Waals surface area (Å²) in [5, 5.41) is 4.44. The maximum atomic E-state index is 5.35. The third-order valence-electron chi connectivity index (χ3n) is 2.96. The molecule has 84 valence electrons. The summed E-state index contributed by atoms with van der Waals surface area (Å²) in [6.07, 6.45) is 4.03. The first kappa shape index (κ1) is 11.1. The fourth-order valence-corrected chi connectivity index (χ4v) is 3.31. The Hall–Kier alpha value is -0.410. The van der Waals surface area contributed by atoms with Gasteiger partial charge in [-0.3, -0.25) is 0 Å². The zero-order valence-corrected chi connectivity index (χ0v) is 10.2. The van der Waals surface area contributed by atoms with E-state index in [9.17, 15) is 0 Å². The molecule has 0 radical (unpaired) electrons. The first-order chi connectivity index (χ1) is 7.25. The van der Waals surface area contributed by atoms with Gasteiger partial charge in [0, 0.05) is 23.8 Å². The fourth-order valence-electron chi connectivity index (χ4n) is 2.11. The van der Waals surface area contributed by atoms with Gasteiger partial charge in [-0.15, -0.1) is 0 Å². The number of hydrogen-bond acceptors (Lipinski definition) is 3. The van der Waals surface area contributed by atoms with E-state index in [1.807, 2.05) is 12.1 Å². The zero-order valence-electron chi connectivity index (χ0n) is 9.40. The summed E-state index contributed by atoms with van der Waals surface area (Å²) in [7, 11) is 0. The predicted octanol–water partition coefficient (Wildman–Crippen LogP) is 2.69. The molecule has 1 aliphatic rings. The van der Waals surface area contributed by atoms with Crippen molar-refractivity contribution in [2.24, 2.45) is 0 Å². The fraction of sp³-hybridized carbons (Fsp3) is 0.667. The van der Waals surface area contributed by atoms with Crippen LogP contribution in [0.1, 0.15) is 26.0 Å². The minimum Gasteiger partial charge on any atom is -0.469 e. The molecule has 0 saturated carbocycles. The molecule has 0 amide bonds. The third kappa shape index (κ3) is 3.02. The summed E-state index contributed by atoms with van der Waals surface area (Å²) >= 11 is 2.07. The normalized spacial score (nSPS) is 28.1.